The molecule has 2 atom stereocenters. The second-order valence-electron chi connectivity index (χ2n) is 5.71. The van der Waals surface area contributed by atoms with Crippen molar-refractivity contribution in [3.63, 3.8) is 0 Å². The van der Waals surface area contributed by atoms with Crippen LogP contribution in [0.15, 0.2) is 0 Å². The Labute approximate surface area is 129 Å². The van der Waals surface area contributed by atoms with Gasteiger partial charge >= 0.3 is 0 Å². The molecule has 2 unspecified atom stereocenters. The van der Waals surface area contributed by atoms with E-state index in [9.17, 15) is 4.79 Å². The number of nitrogens with two attached hydrogens (primary N) is 1. The lowest BCUT2D eigenvalue weighted by molar-refractivity contribution is -0.126. The Kier molecular flexibility index (Phi) is 8.84. The van der Waals surface area contributed by atoms with Crippen molar-refractivity contribution in [3.05, 3.63) is 0 Å². The highest BCUT2D eigenvalue weighted by Crippen LogP contribution is 2.12. The molecule has 6 nitrogen and oxygen atoms in total. The second-order valence-corrected chi connectivity index (χ2v) is 5.71. The molecule has 0 bridgehead atoms. The molecule has 0 radical (unpaired) electrons. The third-order valence-corrected chi connectivity index (χ3v) is 4.29. The van der Waals surface area contributed by atoms with E-state index in [0.717, 1.165) is 39.1 Å². The van der Waals surface area contributed by atoms with E-state index in [0.29, 0.717) is 19.2 Å². The summed E-state index contributed by atoms with van der Waals surface area (Å²) in [6.45, 7) is 9.89. The molecule has 1 aliphatic rings. The van der Waals surface area contributed by atoms with Crippen LogP contribution in [-0.2, 0) is 9.53 Å². The molecule has 0 aromatic rings. The third kappa shape index (κ3) is 5.90. The highest BCUT2D eigenvalue weighted by atomic mass is 16.5. The summed E-state index contributed by atoms with van der Waals surface area (Å²) in [5.74, 6) is 0.0874. The van der Waals surface area contributed by atoms with Crippen LogP contribution >= 0.6 is 0 Å². The summed E-state index contributed by atoms with van der Waals surface area (Å²) in [5, 5.41) is 2.91. The van der Waals surface area contributed by atoms with Crippen molar-refractivity contribution in [2.45, 2.75) is 38.8 Å². The molecule has 3 N–H and O–H groups in total. The van der Waals surface area contributed by atoms with Crippen LogP contribution < -0.4 is 11.1 Å². The maximum absolute atomic E-state index is 12.0. The Morgan fingerprint density at radius 2 is 1.90 bits per heavy atom. The van der Waals surface area contributed by atoms with Crippen LogP contribution in [0.3, 0.4) is 0 Å². The van der Waals surface area contributed by atoms with Crippen LogP contribution in [0.1, 0.15) is 26.7 Å². The lowest BCUT2D eigenvalue weighted by Gasteiger charge is -2.40. The minimum Gasteiger partial charge on any atom is -0.383 e. The molecule has 6 heteroatoms. The van der Waals surface area contributed by atoms with E-state index < -0.39 is 0 Å². The van der Waals surface area contributed by atoms with Crippen LogP contribution in [0.2, 0.25) is 0 Å². The molecular formula is C15H32N4O2. The Morgan fingerprint density at radius 3 is 2.43 bits per heavy atom. The average molecular weight is 300 g/mol. The Morgan fingerprint density at radius 1 is 1.29 bits per heavy atom. The zero-order chi connectivity index (χ0) is 15.7. The minimum absolute atomic E-state index is 0.0773. The van der Waals surface area contributed by atoms with Gasteiger partial charge in [0.15, 0.2) is 0 Å². The van der Waals surface area contributed by atoms with Crippen LogP contribution in [0.5, 0.6) is 0 Å². The molecule has 0 aromatic carbocycles. The van der Waals surface area contributed by atoms with Crippen molar-refractivity contribution >= 4 is 5.91 Å². The molecule has 0 aromatic heterocycles. The van der Waals surface area contributed by atoms with Crippen molar-refractivity contribution in [1.29, 1.82) is 0 Å². The van der Waals surface area contributed by atoms with Gasteiger partial charge in [-0.15, -0.1) is 0 Å². The van der Waals surface area contributed by atoms with Gasteiger partial charge in [0.25, 0.3) is 0 Å². The number of hydrogen-bond donors (Lipinski definition) is 2. The molecule has 1 amide bonds. The number of nitrogens with zero attached hydrogens (tertiary/aromatic N) is 2. The molecule has 1 saturated heterocycles. The smallest absolute Gasteiger partial charge is 0.237 e. The number of carbonyl (C=O) groups is 1. The van der Waals surface area contributed by atoms with Gasteiger partial charge in [-0.1, -0.05) is 13.3 Å². The SMILES string of the molecule is CCCC(CN)N1CCN(C(C)C(=O)NCCOC)CC1. The summed E-state index contributed by atoms with van der Waals surface area (Å²) in [5.41, 5.74) is 5.87. The Bertz CT molecular complexity index is 293. The molecule has 124 valence electrons. The first-order valence-corrected chi connectivity index (χ1v) is 8.08. The zero-order valence-corrected chi connectivity index (χ0v) is 13.8. The quantitative estimate of drug-likeness (QED) is 0.581. The fourth-order valence-corrected chi connectivity index (χ4v) is 2.86. The van der Waals surface area contributed by atoms with Crippen molar-refractivity contribution in [2.75, 3.05) is 53.0 Å². The number of carbonyl (C=O) groups excluding carboxylic acids is 1. The van der Waals surface area contributed by atoms with Crippen LogP contribution in [0.4, 0.5) is 0 Å². The van der Waals surface area contributed by atoms with E-state index >= 15 is 0 Å². The number of nitrogens with one attached hydrogen (secondary N) is 1. The van der Waals surface area contributed by atoms with Gasteiger partial charge in [0.05, 0.1) is 12.6 Å². The molecule has 1 rings (SSSR count). The third-order valence-electron chi connectivity index (χ3n) is 4.29. The highest BCUT2D eigenvalue weighted by Gasteiger charge is 2.27. The Balaban J connectivity index is 2.35. The van der Waals surface area contributed by atoms with Gasteiger partial charge in [0.1, 0.15) is 0 Å². The molecule has 21 heavy (non-hydrogen) atoms. The number of ether oxygens (including phenoxy) is 1. The molecule has 0 spiro atoms. The number of hydrogen-bond acceptors (Lipinski definition) is 5. The highest BCUT2D eigenvalue weighted by molar-refractivity contribution is 5.81. The lowest BCUT2D eigenvalue weighted by atomic mass is 10.1. The van der Waals surface area contributed by atoms with Crippen molar-refractivity contribution < 1.29 is 9.53 Å². The first-order valence-electron chi connectivity index (χ1n) is 8.08. The van der Waals surface area contributed by atoms with Crippen molar-refractivity contribution in [1.82, 2.24) is 15.1 Å². The van der Waals surface area contributed by atoms with Gasteiger partial charge < -0.3 is 15.8 Å². The van der Waals surface area contributed by atoms with E-state index in [-0.39, 0.29) is 11.9 Å². The van der Waals surface area contributed by atoms with Crippen LogP contribution in [-0.4, -0.2) is 80.8 Å². The summed E-state index contributed by atoms with van der Waals surface area (Å²) >= 11 is 0. The number of methoxy groups -OCH3 is 1. The van der Waals surface area contributed by atoms with Gasteiger partial charge in [-0.2, -0.15) is 0 Å². The van der Waals surface area contributed by atoms with E-state index in [2.05, 4.69) is 22.0 Å². The predicted molar refractivity (Wildman–Crippen MR) is 85.2 cm³/mol. The minimum atomic E-state index is -0.0773. The summed E-state index contributed by atoms with van der Waals surface area (Å²) in [4.78, 5) is 16.8. The zero-order valence-electron chi connectivity index (χ0n) is 13.8. The van der Waals surface area contributed by atoms with Crippen LogP contribution in [0.25, 0.3) is 0 Å². The molecule has 1 heterocycles. The molecule has 1 fully saturated rings. The molecular weight excluding hydrogens is 268 g/mol. The summed E-state index contributed by atoms with van der Waals surface area (Å²) in [6.07, 6.45) is 2.32. The lowest BCUT2D eigenvalue weighted by Crippen LogP contribution is -2.56. The summed E-state index contributed by atoms with van der Waals surface area (Å²) in [6, 6.07) is 0.412. The second kappa shape index (κ2) is 10.1. The molecule has 1 aliphatic heterocycles. The number of piperazine rings is 1. The fraction of sp³-hybridized carbons (Fsp3) is 0.933. The van der Waals surface area contributed by atoms with Gasteiger partial charge in [-0.25, -0.2) is 0 Å². The first kappa shape index (κ1) is 18.4. The largest absolute Gasteiger partial charge is 0.383 e. The van der Waals surface area contributed by atoms with Gasteiger partial charge in [-0.05, 0) is 13.3 Å². The van der Waals surface area contributed by atoms with E-state index in [1.807, 2.05) is 6.92 Å². The monoisotopic (exact) mass is 300 g/mol. The van der Waals surface area contributed by atoms with Gasteiger partial charge in [0.2, 0.25) is 5.91 Å². The maximum Gasteiger partial charge on any atom is 0.237 e. The first-order chi connectivity index (χ1) is 10.1. The van der Waals surface area contributed by atoms with Crippen LogP contribution in [0, 0.1) is 0 Å². The van der Waals surface area contributed by atoms with E-state index in [4.69, 9.17) is 10.5 Å². The topological polar surface area (TPSA) is 70.8 Å². The fourth-order valence-electron chi connectivity index (χ4n) is 2.86. The Hall–Kier alpha value is -0.690. The number of amides is 1. The average Bonchev–Trinajstić information content (AvgIpc) is 2.52. The summed E-state index contributed by atoms with van der Waals surface area (Å²) < 4.78 is 4.95. The maximum atomic E-state index is 12.0. The van der Waals surface area contributed by atoms with Gasteiger partial charge in [0, 0.05) is 52.4 Å². The van der Waals surface area contributed by atoms with E-state index in [1.165, 1.54) is 6.42 Å². The molecule has 0 aliphatic carbocycles. The predicted octanol–water partition coefficient (Wildman–Crippen LogP) is -0.117. The van der Waals surface area contributed by atoms with Gasteiger partial charge in [-0.3, -0.25) is 14.6 Å². The number of rotatable bonds is 9. The van der Waals surface area contributed by atoms with Crippen molar-refractivity contribution in [3.8, 4) is 0 Å². The molecule has 0 saturated carbocycles. The standard InChI is InChI=1S/C15H32N4O2/c1-4-5-14(12-16)19-9-7-18(8-10-19)13(2)15(20)17-6-11-21-3/h13-14H,4-12,16H2,1-3H3,(H,17,20). The summed E-state index contributed by atoms with van der Waals surface area (Å²) in [7, 11) is 1.64. The van der Waals surface area contributed by atoms with Crippen molar-refractivity contribution in [2.24, 2.45) is 5.73 Å². The normalized spacial score (nSPS) is 20.2. The van der Waals surface area contributed by atoms with E-state index in [1.54, 1.807) is 7.11 Å².